The fourth-order valence-corrected chi connectivity index (χ4v) is 11.3. The summed E-state index contributed by atoms with van der Waals surface area (Å²) in [6.45, 7) is 6.48. The molecule has 12 atom stereocenters. The number of hydrogen-bond acceptors (Lipinski definition) is 7. The first kappa shape index (κ1) is 35.4. The first-order valence-corrected chi connectivity index (χ1v) is 16.3. The summed E-state index contributed by atoms with van der Waals surface area (Å²) < 4.78 is 23.3. The maximum Gasteiger partial charge on any atom is 1.00 e. The Kier molecular flexibility index (Phi) is 11.5. The van der Waals surface area contributed by atoms with Gasteiger partial charge in [-0.2, -0.15) is 0 Å². The van der Waals surface area contributed by atoms with Gasteiger partial charge in [-0.1, -0.05) is 20.8 Å². The van der Waals surface area contributed by atoms with Crippen molar-refractivity contribution < 1.29 is 103 Å². The van der Waals surface area contributed by atoms with Crippen molar-refractivity contribution in [3.63, 3.8) is 0 Å². The zero-order valence-corrected chi connectivity index (χ0v) is 28.7. The van der Waals surface area contributed by atoms with Gasteiger partial charge in [0.05, 0.1) is 12.2 Å². The van der Waals surface area contributed by atoms with Gasteiger partial charge < -0.3 is 44.0 Å². The van der Waals surface area contributed by atoms with Crippen molar-refractivity contribution in [2.24, 2.45) is 46.3 Å². The van der Waals surface area contributed by atoms with Crippen LogP contribution >= 0.6 is 15.2 Å². The summed E-state index contributed by atoms with van der Waals surface area (Å²) in [4.78, 5) is 42.0. The summed E-state index contributed by atoms with van der Waals surface area (Å²) in [6, 6.07) is 0. The summed E-state index contributed by atoms with van der Waals surface area (Å²) in [5.74, 6) is 1.15. The molecule has 0 spiro atoms. The first-order valence-electron chi connectivity index (χ1n) is 13.1. The Balaban J connectivity index is 0.00000241. The molecule has 0 aliphatic heterocycles. The SMILES string of the molecule is C[C@H](CCC(O)(P(=O)([O-])O)P(=O)([O-])O)[C@H]1CC[C@H]2[C@@H]3[C@H](O)C[C@@H]4C[C@H](O)CC[C@]4(C)[C@H]3CC[C@]12C.[Na+].[Na+]. The second-order valence-electron chi connectivity index (χ2n) is 12.8. The van der Waals surface area contributed by atoms with Crippen LogP contribution in [0.2, 0.25) is 0 Å². The first-order chi connectivity index (χ1) is 16.0. The van der Waals surface area contributed by atoms with Gasteiger partial charge in [-0.3, -0.25) is 0 Å². The third-order valence-electron chi connectivity index (χ3n) is 11.3. The third-order valence-corrected chi connectivity index (χ3v) is 15.0. The van der Waals surface area contributed by atoms with E-state index in [4.69, 9.17) is 0 Å². The average molecular weight is 583 g/mol. The Labute approximate surface area is 264 Å². The van der Waals surface area contributed by atoms with Crippen LogP contribution in [0.1, 0.15) is 85.0 Å². The quantitative estimate of drug-likeness (QED) is 0.155. The molecule has 4 aliphatic rings. The minimum absolute atomic E-state index is 0. The molecule has 0 aromatic heterocycles. The predicted molar refractivity (Wildman–Crippen MR) is 126 cm³/mol. The second kappa shape index (κ2) is 12.1. The molecule has 0 amide bonds. The van der Waals surface area contributed by atoms with Crippen molar-refractivity contribution in [2.75, 3.05) is 0 Å². The topological polar surface area (TPSA) is 181 Å². The van der Waals surface area contributed by atoms with E-state index in [1.807, 2.05) is 6.92 Å². The molecule has 4 rings (SSSR count). The van der Waals surface area contributed by atoms with E-state index in [1.54, 1.807) is 0 Å². The fraction of sp³-hybridized carbons (Fsp3) is 1.00. The van der Waals surface area contributed by atoms with Crippen LogP contribution in [0.4, 0.5) is 0 Å². The van der Waals surface area contributed by atoms with Crippen LogP contribution in [0.3, 0.4) is 0 Å². The molecule has 4 saturated carbocycles. The van der Waals surface area contributed by atoms with Gasteiger partial charge in [0, 0.05) is 0 Å². The van der Waals surface area contributed by atoms with Gasteiger partial charge in [-0.15, -0.1) is 0 Å². The molecule has 0 heterocycles. The minimum atomic E-state index is -5.77. The zero-order valence-electron chi connectivity index (χ0n) is 23.0. The van der Waals surface area contributed by atoms with E-state index < -0.39 is 32.8 Å². The molecule has 204 valence electrons. The van der Waals surface area contributed by atoms with Crippen molar-refractivity contribution in [1.29, 1.82) is 0 Å². The number of aliphatic hydroxyl groups excluding tert-OH is 2. The minimum Gasteiger partial charge on any atom is -0.776 e. The molecule has 4 aliphatic carbocycles. The van der Waals surface area contributed by atoms with E-state index in [1.165, 1.54) is 0 Å². The smallest absolute Gasteiger partial charge is 0.776 e. The van der Waals surface area contributed by atoms with Crippen molar-refractivity contribution in [2.45, 2.75) is 102 Å². The van der Waals surface area contributed by atoms with Crippen LogP contribution in [-0.4, -0.2) is 42.4 Å². The molecule has 37 heavy (non-hydrogen) atoms. The van der Waals surface area contributed by atoms with E-state index in [0.29, 0.717) is 24.2 Å². The van der Waals surface area contributed by atoms with Crippen LogP contribution in [-0.2, 0) is 9.13 Å². The van der Waals surface area contributed by atoms with Crippen molar-refractivity contribution >= 4 is 15.2 Å². The van der Waals surface area contributed by atoms with Crippen molar-refractivity contribution in [3.8, 4) is 0 Å². The molecule has 5 N–H and O–H groups in total. The molecule has 9 nitrogen and oxygen atoms in total. The second-order valence-corrected chi connectivity index (χ2v) is 16.7. The van der Waals surface area contributed by atoms with Gasteiger partial charge in [0.15, 0.2) is 20.3 Å². The average Bonchev–Trinajstić information content (AvgIpc) is 3.08. The number of fused-ring (bicyclic) bond motifs is 5. The largest absolute Gasteiger partial charge is 1.00 e. The molecule has 0 radical (unpaired) electrons. The van der Waals surface area contributed by atoms with E-state index in [2.05, 4.69) is 13.8 Å². The summed E-state index contributed by atoms with van der Waals surface area (Å²) in [5, 5.41) is 28.2. The van der Waals surface area contributed by atoms with Crippen LogP contribution < -0.4 is 68.9 Å². The molecule has 13 heteroatoms. The van der Waals surface area contributed by atoms with Gasteiger partial charge in [-0.25, -0.2) is 0 Å². The molecule has 0 aromatic carbocycles. The standard InChI is InChI=1S/C24H44O9P2.2Na/c1-14(6-11-24(27,34(28,29)30)35(31,32)33)17-4-5-18-21-19(8-10-23(17,18)3)22(2)9-7-16(25)12-15(22)13-20(21)26;;/h14-21,25-27H,4-13H2,1-3H3,(H2,28,29,30)(H2,31,32,33);;/q;2*+1/p-2/t14-,15+,16-,17-,18+,19+,20-,21+,22+,23-;;/m1../s1. The number of aliphatic hydroxyl groups is 3. The van der Waals surface area contributed by atoms with Gasteiger partial charge in [0.2, 0.25) is 0 Å². The summed E-state index contributed by atoms with van der Waals surface area (Å²) in [7, 11) is -11.5. The van der Waals surface area contributed by atoms with Gasteiger partial charge in [-0.05, 0) is 111 Å². The Hall–Kier alpha value is 2.18. The Morgan fingerprint density at radius 1 is 0.919 bits per heavy atom. The van der Waals surface area contributed by atoms with E-state index in [0.717, 1.165) is 44.9 Å². The fourth-order valence-electron chi connectivity index (χ4n) is 9.24. The van der Waals surface area contributed by atoms with E-state index >= 15 is 0 Å². The maximum absolute atomic E-state index is 11.6. The molecule has 4 fully saturated rings. The molecular formula is C24H42Na2O9P2. The van der Waals surface area contributed by atoms with Crippen LogP contribution in [0.25, 0.3) is 0 Å². The molecule has 0 aromatic rings. The maximum atomic E-state index is 11.6. The van der Waals surface area contributed by atoms with Gasteiger partial charge >= 0.3 is 59.1 Å². The van der Waals surface area contributed by atoms with Crippen LogP contribution in [0.5, 0.6) is 0 Å². The van der Waals surface area contributed by atoms with E-state index in [9.17, 15) is 44.0 Å². The zero-order chi connectivity index (χ0) is 26.2. The van der Waals surface area contributed by atoms with Crippen molar-refractivity contribution in [3.05, 3.63) is 0 Å². The number of hydrogen-bond donors (Lipinski definition) is 5. The monoisotopic (exact) mass is 582 g/mol. The molecular weight excluding hydrogens is 540 g/mol. The number of rotatable bonds is 6. The normalized spacial score (nSPS) is 46.8. The predicted octanol–water partition coefficient (Wildman–Crippen LogP) is -3.86. The van der Waals surface area contributed by atoms with Crippen LogP contribution in [0.15, 0.2) is 0 Å². The molecule has 0 bridgehead atoms. The van der Waals surface area contributed by atoms with E-state index in [-0.39, 0.29) is 100 Å². The molecule has 0 saturated heterocycles. The van der Waals surface area contributed by atoms with Crippen molar-refractivity contribution in [1.82, 2.24) is 0 Å². The summed E-state index contributed by atoms with van der Waals surface area (Å²) in [5.41, 5.74) is -0.00468. The summed E-state index contributed by atoms with van der Waals surface area (Å²) >= 11 is 0. The third kappa shape index (κ3) is 6.01. The Morgan fingerprint density at radius 3 is 2.03 bits per heavy atom. The Morgan fingerprint density at radius 2 is 1.46 bits per heavy atom. The summed E-state index contributed by atoms with van der Waals surface area (Å²) in [6.07, 6.45) is 5.47. The van der Waals surface area contributed by atoms with Gasteiger partial charge in [0.25, 0.3) is 0 Å². The Bertz CT molecular complexity index is 891. The molecule has 2 unspecified atom stereocenters. The van der Waals surface area contributed by atoms with Gasteiger partial charge in [0.1, 0.15) is 0 Å². The van der Waals surface area contributed by atoms with Crippen LogP contribution in [0, 0.1) is 46.3 Å².